The molecule has 0 bridgehead atoms. The quantitative estimate of drug-likeness (QED) is 0.484. The second-order valence-corrected chi connectivity index (χ2v) is 5.31. The normalized spacial score (nSPS) is 10.6. The number of benzene rings is 3. The Morgan fingerprint density at radius 2 is 1.30 bits per heavy atom. The van der Waals surface area contributed by atoms with E-state index in [9.17, 15) is 0 Å². The Kier molecular flexibility index (Phi) is 3.49. The number of rotatable bonds is 3. The first-order valence-electron chi connectivity index (χ1n) is 7.58. The van der Waals surface area contributed by atoms with Gasteiger partial charge in [0.05, 0.1) is 5.52 Å². The van der Waals surface area contributed by atoms with E-state index < -0.39 is 0 Å². The Bertz CT molecular complexity index is 933. The molecule has 0 N–H and O–H groups in total. The van der Waals surface area contributed by atoms with E-state index in [1.165, 1.54) is 0 Å². The van der Waals surface area contributed by atoms with E-state index in [4.69, 9.17) is 9.72 Å². The number of aromatic nitrogens is 1. The summed E-state index contributed by atoms with van der Waals surface area (Å²) in [6, 6.07) is 30.1. The molecule has 2 heteroatoms. The Morgan fingerprint density at radius 3 is 2.09 bits per heavy atom. The lowest BCUT2D eigenvalue weighted by atomic mass is 10.1. The molecule has 0 atom stereocenters. The molecule has 0 radical (unpaired) electrons. The van der Waals surface area contributed by atoms with Crippen molar-refractivity contribution in [2.75, 3.05) is 0 Å². The van der Waals surface area contributed by atoms with Gasteiger partial charge in [0.1, 0.15) is 11.4 Å². The molecule has 0 aliphatic carbocycles. The van der Waals surface area contributed by atoms with Crippen molar-refractivity contribution >= 4 is 10.9 Å². The zero-order chi connectivity index (χ0) is 15.5. The molecule has 2 nitrogen and oxygen atoms in total. The van der Waals surface area contributed by atoms with Gasteiger partial charge in [-0.2, -0.15) is 0 Å². The third-order valence-corrected chi connectivity index (χ3v) is 3.71. The molecule has 4 aromatic rings. The molecule has 0 amide bonds. The lowest BCUT2D eigenvalue weighted by molar-refractivity contribution is 0.483. The number of hydrogen-bond donors (Lipinski definition) is 0. The fourth-order valence-corrected chi connectivity index (χ4v) is 2.59. The highest BCUT2D eigenvalue weighted by Crippen LogP contribution is 2.34. The van der Waals surface area contributed by atoms with Crippen molar-refractivity contribution in [3.8, 4) is 22.8 Å². The van der Waals surface area contributed by atoms with E-state index in [2.05, 4.69) is 24.3 Å². The van der Waals surface area contributed by atoms with Crippen LogP contribution in [-0.4, -0.2) is 4.98 Å². The molecular formula is C21H15NO. The maximum atomic E-state index is 6.11. The zero-order valence-corrected chi connectivity index (χ0v) is 12.5. The Balaban J connectivity index is 1.89. The fraction of sp³-hybridized carbons (Fsp3) is 0. The first-order chi connectivity index (χ1) is 11.4. The summed E-state index contributed by atoms with van der Waals surface area (Å²) in [6.45, 7) is 0. The summed E-state index contributed by atoms with van der Waals surface area (Å²) in [5.41, 5.74) is 2.86. The van der Waals surface area contributed by atoms with Gasteiger partial charge < -0.3 is 4.74 Å². The summed E-state index contributed by atoms with van der Waals surface area (Å²) in [4.78, 5) is 4.82. The molecule has 110 valence electrons. The van der Waals surface area contributed by atoms with Crippen molar-refractivity contribution in [1.29, 1.82) is 0 Å². The van der Waals surface area contributed by atoms with Gasteiger partial charge in [-0.05, 0) is 24.3 Å². The van der Waals surface area contributed by atoms with E-state index in [1.807, 2.05) is 66.7 Å². The third-order valence-electron chi connectivity index (χ3n) is 3.71. The van der Waals surface area contributed by atoms with Gasteiger partial charge in [0.2, 0.25) is 0 Å². The van der Waals surface area contributed by atoms with E-state index >= 15 is 0 Å². The zero-order valence-electron chi connectivity index (χ0n) is 12.5. The topological polar surface area (TPSA) is 22.1 Å². The standard InChI is InChI=1S/C21H15NO/c1-3-9-16(10-4-1)21-20(23-18-12-5-2-6-13-18)15-17-11-7-8-14-19(17)22-21/h1-15H. The molecule has 0 unspecified atom stereocenters. The summed E-state index contributed by atoms with van der Waals surface area (Å²) >= 11 is 0. The number of para-hydroxylation sites is 2. The molecular weight excluding hydrogens is 282 g/mol. The molecule has 1 heterocycles. The highest BCUT2D eigenvalue weighted by Gasteiger charge is 2.11. The average Bonchev–Trinajstić information content (AvgIpc) is 2.63. The van der Waals surface area contributed by atoms with Crippen LogP contribution in [0.15, 0.2) is 91.0 Å². The first-order valence-corrected chi connectivity index (χ1v) is 7.58. The summed E-state index contributed by atoms with van der Waals surface area (Å²) in [7, 11) is 0. The molecule has 0 spiro atoms. The maximum absolute atomic E-state index is 6.11. The van der Waals surface area contributed by atoms with Crippen molar-refractivity contribution in [3.05, 3.63) is 91.0 Å². The molecule has 0 aliphatic rings. The van der Waals surface area contributed by atoms with Gasteiger partial charge in [0, 0.05) is 10.9 Å². The van der Waals surface area contributed by atoms with Crippen molar-refractivity contribution in [1.82, 2.24) is 4.98 Å². The van der Waals surface area contributed by atoms with Crippen LogP contribution < -0.4 is 4.74 Å². The van der Waals surface area contributed by atoms with Crippen LogP contribution in [0.25, 0.3) is 22.2 Å². The smallest absolute Gasteiger partial charge is 0.154 e. The minimum Gasteiger partial charge on any atom is -0.455 e. The molecule has 0 saturated heterocycles. The molecule has 0 saturated carbocycles. The van der Waals surface area contributed by atoms with Gasteiger partial charge in [-0.15, -0.1) is 0 Å². The predicted molar refractivity (Wildman–Crippen MR) is 93.7 cm³/mol. The van der Waals surface area contributed by atoms with Gasteiger partial charge in [0.15, 0.2) is 5.75 Å². The van der Waals surface area contributed by atoms with Gasteiger partial charge >= 0.3 is 0 Å². The van der Waals surface area contributed by atoms with Crippen LogP contribution in [0, 0.1) is 0 Å². The minimum atomic E-state index is 0.765. The van der Waals surface area contributed by atoms with Crippen molar-refractivity contribution in [2.24, 2.45) is 0 Å². The van der Waals surface area contributed by atoms with Crippen LogP contribution in [0.3, 0.4) is 0 Å². The second-order valence-electron chi connectivity index (χ2n) is 5.31. The Hall–Kier alpha value is -3.13. The highest BCUT2D eigenvalue weighted by molar-refractivity contribution is 5.85. The van der Waals surface area contributed by atoms with Gasteiger partial charge in [-0.3, -0.25) is 0 Å². The number of nitrogens with zero attached hydrogens (tertiary/aromatic N) is 1. The number of ether oxygens (including phenoxy) is 1. The lowest BCUT2D eigenvalue weighted by Gasteiger charge is -2.12. The van der Waals surface area contributed by atoms with Gasteiger partial charge in [0.25, 0.3) is 0 Å². The van der Waals surface area contributed by atoms with Crippen LogP contribution in [-0.2, 0) is 0 Å². The molecule has 4 rings (SSSR count). The average molecular weight is 297 g/mol. The van der Waals surface area contributed by atoms with Crippen molar-refractivity contribution < 1.29 is 4.74 Å². The minimum absolute atomic E-state index is 0.765. The molecule has 0 aliphatic heterocycles. The van der Waals surface area contributed by atoms with E-state index in [-0.39, 0.29) is 0 Å². The van der Waals surface area contributed by atoms with Crippen molar-refractivity contribution in [3.63, 3.8) is 0 Å². The van der Waals surface area contributed by atoms with Crippen LogP contribution in [0.1, 0.15) is 0 Å². The molecule has 23 heavy (non-hydrogen) atoms. The van der Waals surface area contributed by atoms with Gasteiger partial charge in [-0.1, -0.05) is 66.7 Å². The van der Waals surface area contributed by atoms with E-state index in [1.54, 1.807) is 0 Å². The molecule has 1 aromatic heterocycles. The SMILES string of the molecule is c1ccc(Oc2cc3ccccc3nc2-c2ccccc2)cc1. The van der Waals surface area contributed by atoms with Crippen LogP contribution in [0.2, 0.25) is 0 Å². The van der Waals surface area contributed by atoms with E-state index in [0.29, 0.717) is 0 Å². The van der Waals surface area contributed by atoms with Crippen LogP contribution in [0.4, 0.5) is 0 Å². The molecule has 0 fully saturated rings. The highest BCUT2D eigenvalue weighted by atomic mass is 16.5. The van der Waals surface area contributed by atoms with E-state index in [0.717, 1.165) is 33.7 Å². The third kappa shape index (κ3) is 2.79. The monoisotopic (exact) mass is 297 g/mol. The number of pyridine rings is 1. The molecule has 3 aromatic carbocycles. The number of fused-ring (bicyclic) bond motifs is 1. The second kappa shape index (κ2) is 5.93. The largest absolute Gasteiger partial charge is 0.455 e. The Labute approximate surface area is 135 Å². The predicted octanol–water partition coefficient (Wildman–Crippen LogP) is 5.69. The van der Waals surface area contributed by atoms with Crippen molar-refractivity contribution in [2.45, 2.75) is 0 Å². The lowest BCUT2D eigenvalue weighted by Crippen LogP contribution is -1.92. The summed E-state index contributed by atoms with van der Waals surface area (Å²) in [6.07, 6.45) is 0. The number of hydrogen-bond acceptors (Lipinski definition) is 2. The fourth-order valence-electron chi connectivity index (χ4n) is 2.59. The van der Waals surface area contributed by atoms with Gasteiger partial charge in [-0.25, -0.2) is 4.98 Å². The summed E-state index contributed by atoms with van der Waals surface area (Å²) < 4.78 is 6.11. The first kappa shape index (κ1) is 13.5. The summed E-state index contributed by atoms with van der Waals surface area (Å²) in [5.74, 6) is 1.57. The van der Waals surface area contributed by atoms with Crippen LogP contribution >= 0.6 is 0 Å². The Morgan fingerprint density at radius 1 is 0.652 bits per heavy atom. The van der Waals surface area contributed by atoms with Crippen LogP contribution in [0.5, 0.6) is 11.5 Å². The maximum Gasteiger partial charge on any atom is 0.154 e. The summed E-state index contributed by atoms with van der Waals surface area (Å²) in [5, 5.41) is 1.07.